The van der Waals surface area contributed by atoms with Crippen molar-refractivity contribution in [2.45, 2.75) is 89.3 Å². The van der Waals surface area contributed by atoms with Gasteiger partial charge in [-0.3, -0.25) is 10.1 Å². The van der Waals surface area contributed by atoms with E-state index in [1.54, 1.807) is 0 Å². The van der Waals surface area contributed by atoms with E-state index in [2.05, 4.69) is 19.2 Å². The van der Waals surface area contributed by atoms with Crippen molar-refractivity contribution >= 4 is 5.97 Å². The van der Waals surface area contributed by atoms with Crippen molar-refractivity contribution < 1.29 is 14.3 Å². The van der Waals surface area contributed by atoms with Crippen LogP contribution in [-0.4, -0.2) is 36.4 Å². The SMILES string of the molecule is CCOC(=O)C1(NC2CCCCCC2)CCOC(C)(C)C1. The van der Waals surface area contributed by atoms with Gasteiger partial charge in [0.2, 0.25) is 0 Å². The van der Waals surface area contributed by atoms with Crippen molar-refractivity contribution in [2.24, 2.45) is 0 Å². The maximum absolute atomic E-state index is 12.6. The molecule has 2 rings (SSSR count). The van der Waals surface area contributed by atoms with Crippen molar-refractivity contribution in [1.29, 1.82) is 0 Å². The fourth-order valence-electron chi connectivity index (χ4n) is 3.81. The van der Waals surface area contributed by atoms with Gasteiger partial charge in [0.1, 0.15) is 5.54 Å². The van der Waals surface area contributed by atoms with Gasteiger partial charge in [0.15, 0.2) is 0 Å². The van der Waals surface area contributed by atoms with E-state index in [9.17, 15) is 4.79 Å². The van der Waals surface area contributed by atoms with E-state index in [4.69, 9.17) is 9.47 Å². The molecular formula is C17H31NO3. The maximum Gasteiger partial charge on any atom is 0.326 e. The average molecular weight is 297 g/mol. The lowest BCUT2D eigenvalue weighted by Crippen LogP contribution is -2.62. The Morgan fingerprint density at radius 2 is 1.90 bits per heavy atom. The number of nitrogens with one attached hydrogen (secondary N) is 1. The number of hydrogen-bond acceptors (Lipinski definition) is 4. The molecule has 1 atom stereocenters. The monoisotopic (exact) mass is 297 g/mol. The minimum Gasteiger partial charge on any atom is -0.465 e. The van der Waals surface area contributed by atoms with E-state index < -0.39 is 5.54 Å². The Morgan fingerprint density at radius 1 is 1.24 bits per heavy atom. The summed E-state index contributed by atoms with van der Waals surface area (Å²) in [5.74, 6) is -0.0920. The lowest BCUT2D eigenvalue weighted by Gasteiger charge is -2.45. The third-order valence-corrected chi connectivity index (χ3v) is 4.75. The van der Waals surface area contributed by atoms with Crippen LogP contribution in [0.25, 0.3) is 0 Å². The normalized spacial score (nSPS) is 30.6. The van der Waals surface area contributed by atoms with E-state index in [1.807, 2.05) is 6.92 Å². The summed E-state index contributed by atoms with van der Waals surface area (Å²) in [5.41, 5.74) is -0.838. The Kier molecular flexibility index (Phi) is 5.67. The molecule has 1 saturated heterocycles. The van der Waals surface area contributed by atoms with Gasteiger partial charge >= 0.3 is 5.97 Å². The largest absolute Gasteiger partial charge is 0.465 e. The summed E-state index contributed by atoms with van der Waals surface area (Å²) in [6.45, 7) is 7.06. The summed E-state index contributed by atoms with van der Waals surface area (Å²) in [6, 6.07) is 0.436. The fraction of sp³-hybridized carbons (Fsp3) is 0.941. The first-order valence-electron chi connectivity index (χ1n) is 8.56. The molecule has 122 valence electrons. The molecule has 1 saturated carbocycles. The molecule has 2 fully saturated rings. The molecule has 4 nitrogen and oxygen atoms in total. The molecule has 0 bridgehead atoms. The van der Waals surface area contributed by atoms with Crippen molar-refractivity contribution in [3.8, 4) is 0 Å². The van der Waals surface area contributed by atoms with Crippen LogP contribution < -0.4 is 5.32 Å². The molecule has 0 amide bonds. The number of hydrogen-bond donors (Lipinski definition) is 1. The van der Waals surface area contributed by atoms with E-state index in [0.717, 1.165) is 0 Å². The van der Waals surface area contributed by atoms with Crippen LogP contribution in [0.5, 0.6) is 0 Å². The van der Waals surface area contributed by atoms with Gasteiger partial charge in [-0.25, -0.2) is 0 Å². The van der Waals surface area contributed by atoms with Crippen molar-refractivity contribution in [3.05, 3.63) is 0 Å². The molecule has 0 aromatic carbocycles. The zero-order valence-corrected chi connectivity index (χ0v) is 13.9. The highest BCUT2D eigenvalue weighted by atomic mass is 16.5. The summed E-state index contributed by atoms with van der Waals surface area (Å²) in [5, 5.41) is 3.70. The average Bonchev–Trinajstić information content (AvgIpc) is 2.66. The predicted molar refractivity (Wildman–Crippen MR) is 83.3 cm³/mol. The van der Waals surface area contributed by atoms with Crippen LogP contribution in [0.15, 0.2) is 0 Å². The van der Waals surface area contributed by atoms with Crippen LogP contribution in [0.2, 0.25) is 0 Å². The van der Waals surface area contributed by atoms with Gasteiger partial charge in [-0.15, -0.1) is 0 Å². The molecule has 4 heteroatoms. The Bertz CT molecular complexity index is 348. The summed E-state index contributed by atoms with van der Waals surface area (Å²) in [7, 11) is 0. The third-order valence-electron chi connectivity index (χ3n) is 4.75. The molecule has 1 aliphatic carbocycles. The molecule has 2 aliphatic rings. The van der Waals surface area contributed by atoms with E-state index in [1.165, 1.54) is 38.5 Å². The topological polar surface area (TPSA) is 47.6 Å². The van der Waals surface area contributed by atoms with Crippen LogP contribution in [-0.2, 0) is 14.3 Å². The fourth-order valence-corrected chi connectivity index (χ4v) is 3.81. The van der Waals surface area contributed by atoms with Crippen molar-refractivity contribution in [2.75, 3.05) is 13.2 Å². The van der Waals surface area contributed by atoms with Crippen LogP contribution in [0.4, 0.5) is 0 Å². The van der Waals surface area contributed by atoms with Crippen LogP contribution in [0.3, 0.4) is 0 Å². The molecule has 0 radical (unpaired) electrons. The van der Waals surface area contributed by atoms with Gasteiger partial charge < -0.3 is 9.47 Å². The highest BCUT2D eigenvalue weighted by Gasteiger charge is 2.48. The molecular weight excluding hydrogens is 266 g/mol. The Hall–Kier alpha value is -0.610. The first kappa shape index (κ1) is 16.8. The minimum absolute atomic E-state index is 0.0920. The lowest BCUT2D eigenvalue weighted by molar-refractivity contribution is -0.165. The second-order valence-corrected chi connectivity index (χ2v) is 7.17. The second kappa shape index (κ2) is 7.10. The number of ether oxygens (including phenoxy) is 2. The smallest absolute Gasteiger partial charge is 0.326 e. The second-order valence-electron chi connectivity index (χ2n) is 7.17. The van der Waals surface area contributed by atoms with E-state index in [-0.39, 0.29) is 11.6 Å². The standard InChI is InChI=1S/C17H31NO3/c1-4-20-15(19)17(11-12-21-16(2,3)13-17)18-14-9-7-5-6-8-10-14/h14,18H,4-13H2,1-3H3. The quantitative estimate of drug-likeness (QED) is 0.639. The molecule has 1 heterocycles. The molecule has 0 aromatic heterocycles. The molecule has 1 unspecified atom stereocenters. The molecule has 1 aliphatic heterocycles. The van der Waals surface area contributed by atoms with E-state index in [0.29, 0.717) is 32.1 Å². The first-order valence-corrected chi connectivity index (χ1v) is 8.56. The first-order chi connectivity index (χ1) is 9.97. The summed E-state index contributed by atoms with van der Waals surface area (Å²) >= 11 is 0. The highest BCUT2D eigenvalue weighted by Crippen LogP contribution is 2.34. The van der Waals surface area contributed by atoms with Gasteiger partial charge in [0.05, 0.1) is 12.2 Å². The maximum atomic E-state index is 12.6. The molecule has 1 N–H and O–H groups in total. The third kappa shape index (κ3) is 4.43. The van der Waals surface area contributed by atoms with Gasteiger partial charge in [-0.2, -0.15) is 0 Å². The number of carbonyl (C=O) groups excluding carboxylic acids is 1. The van der Waals surface area contributed by atoms with Gasteiger partial charge in [-0.1, -0.05) is 25.7 Å². The van der Waals surface area contributed by atoms with Crippen LogP contribution in [0, 0.1) is 0 Å². The summed E-state index contributed by atoms with van der Waals surface area (Å²) in [6.07, 6.45) is 8.90. The molecule has 0 spiro atoms. The Balaban J connectivity index is 2.12. The summed E-state index contributed by atoms with van der Waals surface area (Å²) in [4.78, 5) is 12.6. The van der Waals surface area contributed by atoms with Gasteiger partial charge in [0, 0.05) is 19.1 Å². The summed E-state index contributed by atoms with van der Waals surface area (Å²) < 4.78 is 11.2. The predicted octanol–water partition coefficient (Wildman–Crippen LogP) is 3.19. The van der Waals surface area contributed by atoms with Crippen molar-refractivity contribution in [1.82, 2.24) is 5.32 Å². The lowest BCUT2D eigenvalue weighted by atomic mass is 9.80. The van der Waals surface area contributed by atoms with Gasteiger partial charge in [-0.05, 0) is 40.0 Å². The zero-order valence-electron chi connectivity index (χ0n) is 13.9. The molecule has 0 aromatic rings. The Morgan fingerprint density at radius 3 is 2.48 bits per heavy atom. The van der Waals surface area contributed by atoms with Crippen molar-refractivity contribution in [3.63, 3.8) is 0 Å². The van der Waals surface area contributed by atoms with Crippen LogP contribution in [0.1, 0.15) is 72.1 Å². The zero-order chi connectivity index (χ0) is 15.3. The van der Waals surface area contributed by atoms with Gasteiger partial charge in [0.25, 0.3) is 0 Å². The number of carbonyl (C=O) groups is 1. The Labute approximate surface area is 129 Å². The van der Waals surface area contributed by atoms with E-state index >= 15 is 0 Å². The number of rotatable bonds is 4. The van der Waals surface area contributed by atoms with Crippen LogP contribution >= 0.6 is 0 Å². The molecule has 21 heavy (non-hydrogen) atoms. The highest BCUT2D eigenvalue weighted by molar-refractivity contribution is 5.81. The number of esters is 1. The minimum atomic E-state index is -0.563.